The lowest BCUT2D eigenvalue weighted by molar-refractivity contribution is 0.606. The van der Waals surface area contributed by atoms with Gasteiger partial charge in [-0.2, -0.15) is 10.2 Å². The summed E-state index contributed by atoms with van der Waals surface area (Å²) in [5, 5.41) is 9.30. The molecule has 2 heterocycles. The van der Waals surface area contributed by atoms with Gasteiger partial charge in [-0.1, -0.05) is 11.6 Å². The van der Waals surface area contributed by atoms with Crippen LogP contribution in [0.1, 0.15) is 22.6 Å². The lowest BCUT2D eigenvalue weighted by Crippen LogP contribution is -2.09. The van der Waals surface area contributed by atoms with Crippen LogP contribution >= 0.6 is 11.6 Å². The molecule has 0 atom stereocenters. The molecule has 0 radical (unpaired) electrons. The SMILES string of the molecule is Cc1nn(C)c(Cn2ncc(CN)c2C)c1Cl. The Kier molecular flexibility index (Phi) is 3.22. The van der Waals surface area contributed by atoms with E-state index in [1.54, 1.807) is 10.9 Å². The second-order valence-electron chi connectivity index (χ2n) is 4.09. The number of rotatable bonds is 3. The summed E-state index contributed by atoms with van der Waals surface area (Å²) in [5.41, 5.74) is 9.55. The maximum absolute atomic E-state index is 6.21. The summed E-state index contributed by atoms with van der Waals surface area (Å²) in [4.78, 5) is 0. The zero-order valence-corrected chi connectivity index (χ0v) is 11.0. The highest BCUT2D eigenvalue weighted by molar-refractivity contribution is 6.31. The Morgan fingerprint density at radius 3 is 2.59 bits per heavy atom. The van der Waals surface area contributed by atoms with E-state index in [1.807, 2.05) is 25.6 Å². The summed E-state index contributed by atoms with van der Waals surface area (Å²) >= 11 is 6.21. The second-order valence-corrected chi connectivity index (χ2v) is 4.46. The fraction of sp³-hybridized carbons (Fsp3) is 0.455. The van der Waals surface area contributed by atoms with Crippen LogP contribution in [-0.4, -0.2) is 19.6 Å². The fourth-order valence-electron chi connectivity index (χ4n) is 1.84. The molecule has 0 spiro atoms. The van der Waals surface area contributed by atoms with Gasteiger partial charge in [0.1, 0.15) is 0 Å². The molecule has 0 saturated heterocycles. The standard InChI is InChI=1S/C11H16ClN5/c1-7-11(12)10(16(3)15-7)6-17-8(2)9(4-13)5-14-17/h5H,4,6,13H2,1-3H3. The van der Waals surface area contributed by atoms with Crippen LogP contribution in [0.3, 0.4) is 0 Å². The van der Waals surface area contributed by atoms with Gasteiger partial charge < -0.3 is 5.73 Å². The van der Waals surface area contributed by atoms with Gasteiger partial charge in [-0.25, -0.2) is 0 Å². The largest absolute Gasteiger partial charge is 0.326 e. The van der Waals surface area contributed by atoms with Gasteiger partial charge in [0, 0.05) is 24.8 Å². The summed E-state index contributed by atoms with van der Waals surface area (Å²) in [6.45, 7) is 5.02. The van der Waals surface area contributed by atoms with Crippen molar-refractivity contribution in [1.29, 1.82) is 0 Å². The number of aromatic nitrogens is 4. The van der Waals surface area contributed by atoms with Gasteiger partial charge in [0.2, 0.25) is 0 Å². The lowest BCUT2D eigenvalue weighted by Gasteiger charge is -2.06. The number of nitrogens with zero attached hydrogens (tertiary/aromatic N) is 4. The van der Waals surface area contributed by atoms with Crippen molar-refractivity contribution >= 4 is 11.6 Å². The third kappa shape index (κ3) is 2.08. The van der Waals surface area contributed by atoms with Crippen molar-refractivity contribution in [3.63, 3.8) is 0 Å². The minimum absolute atomic E-state index is 0.504. The normalized spacial score (nSPS) is 11.1. The molecule has 17 heavy (non-hydrogen) atoms. The third-order valence-corrected chi connectivity index (χ3v) is 3.48. The van der Waals surface area contributed by atoms with Gasteiger partial charge in [-0.3, -0.25) is 9.36 Å². The van der Waals surface area contributed by atoms with Gasteiger partial charge in [-0.05, 0) is 13.8 Å². The molecule has 0 aliphatic rings. The Balaban J connectivity index is 2.34. The highest BCUT2D eigenvalue weighted by Gasteiger charge is 2.13. The number of hydrogen-bond acceptors (Lipinski definition) is 3. The van der Waals surface area contributed by atoms with Crippen LogP contribution in [0, 0.1) is 13.8 Å². The Hall–Kier alpha value is -1.33. The molecule has 6 heteroatoms. The van der Waals surface area contributed by atoms with E-state index in [0.717, 1.165) is 22.6 Å². The summed E-state index contributed by atoms with van der Waals surface area (Å²) in [5.74, 6) is 0. The molecule has 0 unspecified atom stereocenters. The summed E-state index contributed by atoms with van der Waals surface area (Å²) in [7, 11) is 1.89. The zero-order chi connectivity index (χ0) is 12.6. The van der Waals surface area contributed by atoms with E-state index in [-0.39, 0.29) is 0 Å². The quantitative estimate of drug-likeness (QED) is 0.899. The second kappa shape index (κ2) is 4.50. The molecule has 0 fully saturated rings. The first-order valence-electron chi connectivity index (χ1n) is 5.44. The van der Waals surface area contributed by atoms with Crippen LogP contribution in [0.15, 0.2) is 6.20 Å². The Labute approximate surface area is 105 Å². The van der Waals surface area contributed by atoms with Crippen molar-refractivity contribution in [2.45, 2.75) is 26.9 Å². The molecule has 0 bridgehead atoms. The molecule has 0 aliphatic heterocycles. The molecule has 0 aromatic carbocycles. The smallest absolute Gasteiger partial charge is 0.0866 e. The van der Waals surface area contributed by atoms with E-state index >= 15 is 0 Å². The number of halogens is 1. The Bertz CT molecular complexity index is 540. The van der Waals surface area contributed by atoms with Gasteiger partial charge >= 0.3 is 0 Å². The minimum atomic E-state index is 0.504. The molecule has 0 amide bonds. The predicted molar refractivity (Wildman–Crippen MR) is 66.9 cm³/mol. The number of nitrogens with two attached hydrogens (primary N) is 1. The summed E-state index contributed by atoms with van der Waals surface area (Å²) < 4.78 is 3.69. The van der Waals surface area contributed by atoms with Gasteiger partial charge in [-0.15, -0.1) is 0 Å². The molecule has 0 saturated carbocycles. The first-order chi connectivity index (χ1) is 8.04. The van der Waals surface area contributed by atoms with Crippen LogP contribution in [0.4, 0.5) is 0 Å². The topological polar surface area (TPSA) is 61.7 Å². The van der Waals surface area contributed by atoms with Crippen LogP contribution in [0.2, 0.25) is 5.02 Å². The molecule has 2 aromatic heterocycles. The van der Waals surface area contributed by atoms with E-state index in [9.17, 15) is 0 Å². The molecular formula is C11H16ClN5. The molecule has 0 aliphatic carbocycles. The predicted octanol–water partition coefficient (Wildman–Crippen LogP) is 1.39. The molecule has 5 nitrogen and oxygen atoms in total. The first-order valence-corrected chi connectivity index (χ1v) is 5.81. The van der Waals surface area contributed by atoms with E-state index in [1.165, 1.54) is 0 Å². The fourth-order valence-corrected chi connectivity index (χ4v) is 2.06. The molecule has 92 valence electrons. The van der Waals surface area contributed by atoms with Crippen molar-refractivity contribution in [2.24, 2.45) is 12.8 Å². The van der Waals surface area contributed by atoms with Crippen LogP contribution in [0.25, 0.3) is 0 Å². The molecule has 2 N–H and O–H groups in total. The first kappa shape index (κ1) is 12.1. The summed E-state index contributed by atoms with van der Waals surface area (Å²) in [6.07, 6.45) is 1.80. The lowest BCUT2D eigenvalue weighted by atomic mass is 10.2. The molecule has 2 rings (SSSR count). The number of hydrogen-bond donors (Lipinski definition) is 1. The maximum Gasteiger partial charge on any atom is 0.0866 e. The van der Waals surface area contributed by atoms with Crippen molar-refractivity contribution in [3.8, 4) is 0 Å². The highest BCUT2D eigenvalue weighted by atomic mass is 35.5. The zero-order valence-electron chi connectivity index (χ0n) is 10.2. The van der Waals surface area contributed by atoms with E-state index < -0.39 is 0 Å². The minimum Gasteiger partial charge on any atom is -0.326 e. The van der Waals surface area contributed by atoms with Crippen molar-refractivity contribution in [2.75, 3.05) is 0 Å². The van der Waals surface area contributed by atoms with Crippen LogP contribution < -0.4 is 5.73 Å². The van der Waals surface area contributed by atoms with E-state index in [0.29, 0.717) is 18.1 Å². The molecular weight excluding hydrogens is 238 g/mol. The van der Waals surface area contributed by atoms with Crippen molar-refractivity contribution in [3.05, 3.63) is 33.9 Å². The van der Waals surface area contributed by atoms with E-state index in [4.69, 9.17) is 17.3 Å². The van der Waals surface area contributed by atoms with Crippen molar-refractivity contribution < 1.29 is 0 Å². The van der Waals surface area contributed by atoms with E-state index in [2.05, 4.69) is 10.2 Å². The van der Waals surface area contributed by atoms with Gasteiger partial charge in [0.15, 0.2) is 0 Å². The van der Waals surface area contributed by atoms with Gasteiger partial charge in [0.05, 0.1) is 29.2 Å². The molecule has 2 aromatic rings. The summed E-state index contributed by atoms with van der Waals surface area (Å²) in [6, 6.07) is 0. The van der Waals surface area contributed by atoms with Crippen molar-refractivity contribution in [1.82, 2.24) is 19.6 Å². The highest BCUT2D eigenvalue weighted by Crippen LogP contribution is 2.21. The average molecular weight is 254 g/mol. The third-order valence-electron chi connectivity index (χ3n) is 2.99. The number of aryl methyl sites for hydroxylation is 2. The van der Waals surface area contributed by atoms with Crippen LogP contribution in [-0.2, 0) is 20.1 Å². The maximum atomic E-state index is 6.21. The van der Waals surface area contributed by atoms with Crippen LogP contribution in [0.5, 0.6) is 0 Å². The Morgan fingerprint density at radius 2 is 2.12 bits per heavy atom. The monoisotopic (exact) mass is 253 g/mol. The van der Waals surface area contributed by atoms with Gasteiger partial charge in [0.25, 0.3) is 0 Å². The Morgan fingerprint density at radius 1 is 1.41 bits per heavy atom. The average Bonchev–Trinajstić information content (AvgIpc) is 2.75.